The fourth-order valence-electron chi connectivity index (χ4n) is 2.83. The number of benzene rings is 2. The molecule has 0 radical (unpaired) electrons. The third kappa shape index (κ3) is 5.55. The fraction of sp³-hybridized carbons (Fsp3) is 0.333. The van der Waals surface area contributed by atoms with Crippen LogP contribution in [-0.4, -0.2) is 31.1 Å². The average molecular weight is 386 g/mol. The van der Waals surface area contributed by atoms with E-state index in [1.54, 1.807) is 12.1 Å². The van der Waals surface area contributed by atoms with Crippen molar-refractivity contribution in [2.75, 3.05) is 18.5 Å². The highest BCUT2D eigenvalue weighted by atomic mass is 35.5. The molecule has 2 aromatic carbocycles. The van der Waals surface area contributed by atoms with Crippen molar-refractivity contribution in [1.82, 2.24) is 5.32 Å². The molecule has 0 spiro atoms. The summed E-state index contributed by atoms with van der Waals surface area (Å²) in [5.74, 6) is 0.176. The monoisotopic (exact) mass is 385 g/mol. The van der Waals surface area contributed by atoms with Crippen molar-refractivity contribution in [2.45, 2.75) is 32.8 Å². The van der Waals surface area contributed by atoms with Crippen LogP contribution in [0.4, 0.5) is 5.69 Å². The summed E-state index contributed by atoms with van der Waals surface area (Å²) < 4.78 is 5.63. The fourth-order valence-corrected chi connectivity index (χ4v) is 3.00. The molecule has 1 heterocycles. The van der Waals surface area contributed by atoms with Gasteiger partial charge in [0.2, 0.25) is 5.96 Å². The molecule has 1 aliphatic rings. The summed E-state index contributed by atoms with van der Waals surface area (Å²) in [7, 11) is 0. The SMILES string of the molecule is Cc1ccc(C(=O)NC(=NCC2CCCO2)Nc2cc(Cl)ccc2C)cc1. The Labute approximate surface area is 164 Å². The maximum Gasteiger partial charge on any atom is 0.257 e. The summed E-state index contributed by atoms with van der Waals surface area (Å²) >= 11 is 6.11. The number of anilines is 1. The Bertz CT molecular complexity index is 828. The molecular formula is C21H24ClN3O2. The Hall–Kier alpha value is -2.37. The van der Waals surface area contributed by atoms with Gasteiger partial charge in [0.15, 0.2) is 0 Å². The first-order valence-electron chi connectivity index (χ1n) is 9.08. The highest BCUT2D eigenvalue weighted by molar-refractivity contribution is 6.31. The van der Waals surface area contributed by atoms with Gasteiger partial charge in [-0.15, -0.1) is 0 Å². The number of nitrogens with zero attached hydrogens (tertiary/aromatic N) is 1. The number of rotatable bonds is 4. The molecule has 1 amide bonds. The topological polar surface area (TPSA) is 62.7 Å². The average Bonchev–Trinajstić information content (AvgIpc) is 3.17. The predicted octanol–water partition coefficient (Wildman–Crippen LogP) is 4.33. The summed E-state index contributed by atoms with van der Waals surface area (Å²) in [6.45, 7) is 5.22. The van der Waals surface area contributed by atoms with Gasteiger partial charge < -0.3 is 10.1 Å². The zero-order chi connectivity index (χ0) is 19.2. The van der Waals surface area contributed by atoms with Crippen molar-refractivity contribution in [3.05, 3.63) is 64.2 Å². The molecule has 1 atom stereocenters. The molecule has 0 saturated carbocycles. The number of guanidine groups is 1. The van der Waals surface area contributed by atoms with Gasteiger partial charge >= 0.3 is 0 Å². The van der Waals surface area contributed by atoms with Crippen LogP contribution < -0.4 is 10.6 Å². The van der Waals surface area contributed by atoms with Crippen molar-refractivity contribution < 1.29 is 9.53 Å². The van der Waals surface area contributed by atoms with E-state index in [4.69, 9.17) is 16.3 Å². The first-order valence-corrected chi connectivity index (χ1v) is 9.46. The number of hydrogen-bond acceptors (Lipinski definition) is 3. The van der Waals surface area contributed by atoms with Gasteiger partial charge in [-0.25, -0.2) is 4.99 Å². The van der Waals surface area contributed by atoms with E-state index < -0.39 is 0 Å². The molecule has 2 N–H and O–H groups in total. The number of nitrogens with one attached hydrogen (secondary N) is 2. The number of hydrogen-bond donors (Lipinski definition) is 2. The van der Waals surface area contributed by atoms with Crippen molar-refractivity contribution in [3.8, 4) is 0 Å². The van der Waals surface area contributed by atoms with Crippen molar-refractivity contribution in [1.29, 1.82) is 0 Å². The summed E-state index contributed by atoms with van der Waals surface area (Å²) in [5.41, 5.74) is 3.49. The van der Waals surface area contributed by atoms with Crippen LogP contribution in [0, 0.1) is 13.8 Å². The van der Waals surface area contributed by atoms with Crippen LogP contribution in [0.5, 0.6) is 0 Å². The minimum Gasteiger partial charge on any atom is -0.376 e. The molecule has 1 fully saturated rings. The van der Waals surface area contributed by atoms with E-state index in [-0.39, 0.29) is 12.0 Å². The van der Waals surface area contributed by atoms with Gasteiger partial charge in [0.1, 0.15) is 0 Å². The van der Waals surface area contributed by atoms with Gasteiger partial charge in [-0.3, -0.25) is 10.1 Å². The van der Waals surface area contributed by atoms with Gasteiger partial charge in [0.25, 0.3) is 5.91 Å². The normalized spacial score (nSPS) is 17.0. The highest BCUT2D eigenvalue weighted by Gasteiger charge is 2.16. The van der Waals surface area contributed by atoms with Crippen LogP contribution in [0.25, 0.3) is 0 Å². The van der Waals surface area contributed by atoms with Crippen molar-refractivity contribution in [3.63, 3.8) is 0 Å². The van der Waals surface area contributed by atoms with Crippen LogP contribution in [0.15, 0.2) is 47.5 Å². The van der Waals surface area contributed by atoms with E-state index in [9.17, 15) is 4.79 Å². The molecule has 142 valence electrons. The first kappa shape index (κ1) is 19.4. The molecule has 27 heavy (non-hydrogen) atoms. The number of halogens is 1. The van der Waals surface area contributed by atoms with E-state index in [0.29, 0.717) is 23.1 Å². The van der Waals surface area contributed by atoms with Gasteiger partial charge in [-0.05, 0) is 56.5 Å². The van der Waals surface area contributed by atoms with Crippen LogP contribution >= 0.6 is 11.6 Å². The zero-order valence-electron chi connectivity index (χ0n) is 15.6. The molecule has 0 bridgehead atoms. The molecule has 5 nitrogen and oxygen atoms in total. The minimum atomic E-state index is -0.215. The Morgan fingerprint density at radius 3 is 2.70 bits per heavy atom. The van der Waals surface area contributed by atoms with Gasteiger partial charge in [-0.2, -0.15) is 0 Å². The van der Waals surface area contributed by atoms with Gasteiger partial charge in [0, 0.05) is 22.9 Å². The molecule has 3 rings (SSSR count). The third-order valence-electron chi connectivity index (χ3n) is 4.48. The molecule has 2 aromatic rings. The summed E-state index contributed by atoms with van der Waals surface area (Å²) in [6, 6.07) is 13.0. The Morgan fingerprint density at radius 2 is 2.00 bits per heavy atom. The number of amides is 1. The molecule has 0 aromatic heterocycles. The van der Waals surface area contributed by atoms with Crippen LogP contribution in [0.1, 0.15) is 34.3 Å². The molecule has 1 unspecified atom stereocenters. The minimum absolute atomic E-state index is 0.0959. The number of carbonyl (C=O) groups excluding carboxylic acids is 1. The molecule has 1 aliphatic heterocycles. The van der Waals surface area contributed by atoms with E-state index in [1.165, 1.54) is 0 Å². The van der Waals surface area contributed by atoms with Crippen LogP contribution in [0.3, 0.4) is 0 Å². The standard InChI is InChI=1S/C21H24ClN3O2/c1-14-5-8-16(9-6-14)20(26)25-21(23-13-18-4-3-11-27-18)24-19-12-17(22)10-7-15(19)2/h5-10,12,18H,3-4,11,13H2,1-2H3,(H2,23,24,25,26). The summed E-state index contributed by atoms with van der Waals surface area (Å²) in [5, 5.41) is 6.69. The second-order valence-corrected chi connectivity index (χ2v) is 7.17. The predicted molar refractivity (Wildman–Crippen MR) is 110 cm³/mol. The Kier molecular flexibility index (Phi) is 6.48. The lowest BCUT2D eigenvalue weighted by Crippen LogP contribution is -2.37. The zero-order valence-corrected chi connectivity index (χ0v) is 16.3. The Morgan fingerprint density at radius 1 is 1.22 bits per heavy atom. The number of carbonyl (C=O) groups is 1. The van der Waals surface area contributed by atoms with Crippen molar-refractivity contribution in [2.24, 2.45) is 4.99 Å². The molecule has 6 heteroatoms. The van der Waals surface area contributed by atoms with Crippen LogP contribution in [0.2, 0.25) is 5.02 Å². The molecular weight excluding hydrogens is 362 g/mol. The largest absolute Gasteiger partial charge is 0.376 e. The second kappa shape index (κ2) is 9.02. The lowest BCUT2D eigenvalue weighted by atomic mass is 10.1. The van der Waals surface area contributed by atoms with E-state index in [1.807, 2.05) is 44.2 Å². The lowest BCUT2D eigenvalue weighted by molar-refractivity contribution is 0.0975. The van der Waals surface area contributed by atoms with E-state index in [0.717, 1.165) is 36.3 Å². The second-order valence-electron chi connectivity index (χ2n) is 6.73. The maximum absolute atomic E-state index is 12.6. The van der Waals surface area contributed by atoms with E-state index in [2.05, 4.69) is 15.6 Å². The summed E-state index contributed by atoms with van der Waals surface area (Å²) in [6.07, 6.45) is 2.13. The maximum atomic E-state index is 12.6. The van der Waals surface area contributed by atoms with Gasteiger partial charge in [0.05, 0.1) is 12.6 Å². The molecule has 0 aliphatic carbocycles. The Balaban J connectivity index is 1.77. The lowest BCUT2D eigenvalue weighted by Gasteiger charge is -2.15. The smallest absolute Gasteiger partial charge is 0.257 e. The summed E-state index contributed by atoms with van der Waals surface area (Å²) in [4.78, 5) is 17.2. The highest BCUT2D eigenvalue weighted by Crippen LogP contribution is 2.20. The van der Waals surface area contributed by atoms with Crippen molar-refractivity contribution >= 4 is 29.2 Å². The van der Waals surface area contributed by atoms with E-state index >= 15 is 0 Å². The number of aliphatic imine (C=N–C) groups is 1. The molecule has 1 saturated heterocycles. The van der Waals surface area contributed by atoms with Gasteiger partial charge in [-0.1, -0.05) is 35.4 Å². The quantitative estimate of drug-likeness (QED) is 0.608. The third-order valence-corrected chi connectivity index (χ3v) is 4.71. The number of ether oxygens (including phenoxy) is 1. The first-order chi connectivity index (χ1) is 13.0. The van der Waals surface area contributed by atoms with Crippen LogP contribution in [-0.2, 0) is 4.74 Å². The number of aryl methyl sites for hydroxylation is 2.